The van der Waals surface area contributed by atoms with Gasteiger partial charge in [-0.15, -0.1) is 11.3 Å². The molecular formula is C25H26N2O2S. The van der Waals surface area contributed by atoms with Crippen LogP contribution in [-0.4, -0.2) is 17.9 Å². The van der Waals surface area contributed by atoms with Crippen LogP contribution in [0.3, 0.4) is 0 Å². The molecular weight excluding hydrogens is 392 g/mol. The van der Waals surface area contributed by atoms with Crippen molar-refractivity contribution in [2.24, 2.45) is 0 Å². The van der Waals surface area contributed by atoms with Crippen molar-refractivity contribution in [2.45, 2.75) is 46.2 Å². The molecule has 2 unspecified atom stereocenters. The van der Waals surface area contributed by atoms with Gasteiger partial charge in [0.2, 0.25) is 5.91 Å². The highest BCUT2D eigenvalue weighted by atomic mass is 32.1. The first-order valence-electron chi connectivity index (χ1n) is 10.2. The number of carbonyl (C=O) groups is 2. The Morgan fingerprint density at radius 3 is 2.33 bits per heavy atom. The molecule has 2 heterocycles. The fourth-order valence-corrected chi connectivity index (χ4v) is 5.43. The first kappa shape index (κ1) is 20.4. The molecule has 0 saturated carbocycles. The van der Waals surface area contributed by atoms with Gasteiger partial charge in [-0.05, 0) is 62.6 Å². The molecule has 3 aromatic rings. The van der Waals surface area contributed by atoms with Gasteiger partial charge in [-0.1, -0.05) is 36.4 Å². The van der Waals surface area contributed by atoms with Crippen molar-refractivity contribution in [3.63, 3.8) is 0 Å². The van der Waals surface area contributed by atoms with Crippen molar-refractivity contribution in [1.82, 2.24) is 0 Å². The largest absolute Gasteiger partial charge is 0.305 e. The van der Waals surface area contributed by atoms with E-state index in [1.165, 1.54) is 0 Å². The van der Waals surface area contributed by atoms with E-state index in [2.05, 4.69) is 13.0 Å². The molecule has 0 N–H and O–H groups in total. The minimum Gasteiger partial charge on any atom is -0.305 e. The molecule has 0 bridgehead atoms. The number of amides is 2. The molecule has 1 aliphatic heterocycles. The summed E-state index contributed by atoms with van der Waals surface area (Å²) in [7, 11) is 0. The second kappa shape index (κ2) is 8.07. The number of fused-ring (bicyclic) bond motifs is 1. The van der Waals surface area contributed by atoms with Crippen LogP contribution < -0.4 is 9.80 Å². The van der Waals surface area contributed by atoms with E-state index in [9.17, 15) is 9.59 Å². The van der Waals surface area contributed by atoms with Crippen LogP contribution in [0.1, 0.15) is 52.0 Å². The van der Waals surface area contributed by atoms with Gasteiger partial charge in [0, 0.05) is 29.2 Å². The molecule has 1 aromatic heterocycles. The number of para-hydroxylation sites is 2. The molecule has 4 nitrogen and oxygen atoms in total. The molecule has 2 atom stereocenters. The first-order valence-corrected chi connectivity index (χ1v) is 11.0. The number of anilines is 2. The monoisotopic (exact) mass is 418 g/mol. The second-order valence-corrected chi connectivity index (χ2v) is 9.18. The predicted molar refractivity (Wildman–Crippen MR) is 123 cm³/mol. The summed E-state index contributed by atoms with van der Waals surface area (Å²) < 4.78 is 0. The van der Waals surface area contributed by atoms with E-state index in [0.717, 1.165) is 32.3 Å². The normalized spacial score (nSPS) is 18.1. The van der Waals surface area contributed by atoms with Gasteiger partial charge in [-0.2, -0.15) is 0 Å². The topological polar surface area (TPSA) is 40.6 Å². The van der Waals surface area contributed by atoms with Crippen molar-refractivity contribution in [3.05, 3.63) is 81.5 Å². The molecule has 0 radical (unpaired) electrons. The summed E-state index contributed by atoms with van der Waals surface area (Å²) >= 11 is 1.55. The Morgan fingerprint density at radius 1 is 1.03 bits per heavy atom. The van der Waals surface area contributed by atoms with E-state index < -0.39 is 0 Å². The van der Waals surface area contributed by atoms with Crippen molar-refractivity contribution in [3.8, 4) is 0 Å². The van der Waals surface area contributed by atoms with Gasteiger partial charge in [0.15, 0.2) is 0 Å². The molecule has 154 valence electrons. The third kappa shape index (κ3) is 3.54. The van der Waals surface area contributed by atoms with E-state index in [1.807, 2.05) is 78.2 Å². The Bertz CT molecular complexity index is 1090. The summed E-state index contributed by atoms with van der Waals surface area (Å²) in [5, 5.41) is 0. The molecule has 0 fully saturated rings. The van der Waals surface area contributed by atoms with E-state index in [0.29, 0.717) is 6.42 Å². The van der Waals surface area contributed by atoms with E-state index in [1.54, 1.807) is 18.3 Å². The van der Waals surface area contributed by atoms with Gasteiger partial charge < -0.3 is 9.80 Å². The van der Waals surface area contributed by atoms with Crippen LogP contribution in [-0.2, 0) is 4.79 Å². The summed E-state index contributed by atoms with van der Waals surface area (Å²) in [4.78, 5) is 31.9. The fraction of sp³-hybridized carbons (Fsp3) is 0.280. The van der Waals surface area contributed by atoms with Crippen LogP contribution in [0.25, 0.3) is 0 Å². The zero-order chi connectivity index (χ0) is 21.4. The Kier molecular flexibility index (Phi) is 5.48. The van der Waals surface area contributed by atoms with E-state index in [4.69, 9.17) is 0 Å². The summed E-state index contributed by atoms with van der Waals surface area (Å²) in [6.07, 6.45) is 0.681. The summed E-state index contributed by atoms with van der Waals surface area (Å²) in [5.74, 6) is 0.0378. The van der Waals surface area contributed by atoms with Crippen LogP contribution in [0, 0.1) is 13.8 Å². The molecule has 30 heavy (non-hydrogen) atoms. The highest BCUT2D eigenvalue weighted by Gasteiger charge is 2.38. The quantitative estimate of drug-likeness (QED) is 0.531. The lowest BCUT2D eigenvalue weighted by atomic mass is 9.89. The van der Waals surface area contributed by atoms with Crippen LogP contribution >= 0.6 is 11.3 Å². The Hall–Kier alpha value is -2.92. The fourth-order valence-electron chi connectivity index (χ4n) is 4.47. The van der Waals surface area contributed by atoms with Crippen molar-refractivity contribution < 1.29 is 9.59 Å². The number of nitrogens with zero attached hydrogens (tertiary/aromatic N) is 2. The molecule has 0 spiro atoms. The lowest BCUT2D eigenvalue weighted by Gasteiger charge is -2.43. The van der Waals surface area contributed by atoms with E-state index in [-0.39, 0.29) is 23.9 Å². The molecule has 2 aromatic carbocycles. The summed E-state index contributed by atoms with van der Waals surface area (Å²) in [6, 6.07) is 19.6. The maximum absolute atomic E-state index is 13.5. The number of hydrogen-bond acceptors (Lipinski definition) is 3. The zero-order valence-corrected chi connectivity index (χ0v) is 18.6. The van der Waals surface area contributed by atoms with Gasteiger partial charge in [-0.25, -0.2) is 0 Å². The average Bonchev–Trinajstić information content (AvgIpc) is 3.06. The smallest absolute Gasteiger partial charge is 0.268 e. The van der Waals surface area contributed by atoms with Crippen LogP contribution in [0.2, 0.25) is 0 Å². The molecule has 0 aliphatic carbocycles. The van der Waals surface area contributed by atoms with Crippen LogP contribution in [0.15, 0.2) is 60.7 Å². The van der Waals surface area contributed by atoms with Crippen molar-refractivity contribution >= 4 is 34.5 Å². The highest BCUT2D eigenvalue weighted by molar-refractivity contribution is 7.14. The Balaban J connectivity index is 1.80. The SMILES string of the molecule is CC(=O)N(c1ccccc1)C1CC(C)N(C(=O)c2sc(C)cc2C)c2ccccc21. The second-order valence-electron chi connectivity index (χ2n) is 7.93. The zero-order valence-electron chi connectivity index (χ0n) is 17.8. The molecule has 5 heteroatoms. The lowest BCUT2D eigenvalue weighted by Crippen LogP contribution is -2.47. The molecule has 0 saturated heterocycles. The minimum atomic E-state index is -0.119. The third-order valence-corrected chi connectivity index (χ3v) is 6.84. The van der Waals surface area contributed by atoms with Gasteiger partial charge in [0.1, 0.15) is 0 Å². The predicted octanol–water partition coefficient (Wildman–Crippen LogP) is 5.90. The number of carbonyl (C=O) groups excluding carboxylic acids is 2. The highest BCUT2D eigenvalue weighted by Crippen LogP contribution is 2.43. The Labute approximate surface area is 181 Å². The van der Waals surface area contributed by atoms with Gasteiger partial charge in [0.05, 0.1) is 10.9 Å². The molecule has 1 aliphatic rings. The van der Waals surface area contributed by atoms with Crippen LogP contribution in [0.5, 0.6) is 0 Å². The van der Waals surface area contributed by atoms with Crippen LogP contribution in [0.4, 0.5) is 11.4 Å². The maximum Gasteiger partial charge on any atom is 0.268 e. The summed E-state index contributed by atoms with van der Waals surface area (Å²) in [5.41, 5.74) is 3.79. The summed E-state index contributed by atoms with van der Waals surface area (Å²) in [6.45, 7) is 7.70. The first-order chi connectivity index (χ1) is 14.4. The third-order valence-electron chi connectivity index (χ3n) is 5.70. The number of hydrogen-bond donors (Lipinski definition) is 0. The van der Waals surface area contributed by atoms with Gasteiger partial charge in [-0.3, -0.25) is 9.59 Å². The number of thiophene rings is 1. The van der Waals surface area contributed by atoms with Crippen molar-refractivity contribution in [1.29, 1.82) is 0 Å². The maximum atomic E-state index is 13.5. The molecule has 4 rings (SSSR count). The van der Waals surface area contributed by atoms with Crippen molar-refractivity contribution in [2.75, 3.05) is 9.80 Å². The average molecular weight is 419 g/mol. The Morgan fingerprint density at radius 2 is 1.70 bits per heavy atom. The minimum absolute atomic E-state index is 0.00212. The molecule has 2 amide bonds. The number of rotatable bonds is 3. The lowest BCUT2D eigenvalue weighted by molar-refractivity contribution is -0.117. The van der Waals surface area contributed by atoms with Gasteiger partial charge in [0.25, 0.3) is 5.91 Å². The van der Waals surface area contributed by atoms with E-state index >= 15 is 0 Å². The standard InChI is InChI=1S/C25H26N2O2S/c1-16-14-18(3)30-24(16)25(29)26-17(2)15-23(21-12-8-9-13-22(21)26)27(19(4)28)20-10-6-5-7-11-20/h5-14,17,23H,15H2,1-4H3. The number of benzene rings is 2. The van der Waals surface area contributed by atoms with Gasteiger partial charge >= 0.3 is 0 Å². The number of aryl methyl sites for hydroxylation is 2.